The van der Waals surface area contributed by atoms with Gasteiger partial charge < -0.3 is 4.74 Å². The van der Waals surface area contributed by atoms with Crippen molar-refractivity contribution in [2.75, 3.05) is 6.61 Å². The third-order valence-corrected chi connectivity index (χ3v) is 5.87. The summed E-state index contributed by atoms with van der Waals surface area (Å²) < 4.78 is 5.41. The van der Waals surface area contributed by atoms with Crippen LogP contribution in [0.15, 0.2) is 48.5 Å². The number of rotatable bonds is 7. The smallest absolute Gasteiger partial charge is 0.338 e. The third-order valence-electron chi connectivity index (χ3n) is 5.87. The number of nitrogens with zero attached hydrogens (tertiary/aromatic N) is 1. The molecule has 3 heteroatoms. The Balaban J connectivity index is 1.46. The summed E-state index contributed by atoms with van der Waals surface area (Å²) in [6, 6.07) is 17.5. The third kappa shape index (κ3) is 5.45. The molecular formula is C25H29NO2. The minimum Gasteiger partial charge on any atom is -0.462 e. The number of hydrogen-bond acceptors (Lipinski definition) is 3. The molecule has 0 aliphatic heterocycles. The molecule has 28 heavy (non-hydrogen) atoms. The van der Waals surface area contributed by atoms with Gasteiger partial charge in [0.05, 0.1) is 23.8 Å². The fourth-order valence-corrected chi connectivity index (χ4v) is 4.17. The first-order valence-corrected chi connectivity index (χ1v) is 10.5. The molecule has 2 aromatic rings. The number of hydrogen-bond donors (Lipinski definition) is 0. The van der Waals surface area contributed by atoms with E-state index in [1.165, 1.54) is 44.1 Å². The minimum absolute atomic E-state index is 0.271. The van der Waals surface area contributed by atoms with Crippen molar-refractivity contribution in [3.63, 3.8) is 0 Å². The zero-order valence-electron chi connectivity index (χ0n) is 16.7. The molecule has 1 saturated carbocycles. The Hall–Kier alpha value is -2.60. The maximum absolute atomic E-state index is 12.3. The van der Waals surface area contributed by atoms with Crippen LogP contribution in [0.4, 0.5) is 0 Å². The predicted octanol–water partition coefficient (Wildman–Crippen LogP) is 6.03. The van der Waals surface area contributed by atoms with Crippen molar-refractivity contribution < 1.29 is 9.53 Å². The number of nitriles is 1. The van der Waals surface area contributed by atoms with Crippen LogP contribution in [-0.2, 0) is 11.2 Å². The van der Waals surface area contributed by atoms with E-state index in [0.29, 0.717) is 30.1 Å². The average molecular weight is 376 g/mol. The topological polar surface area (TPSA) is 50.1 Å². The predicted molar refractivity (Wildman–Crippen MR) is 111 cm³/mol. The molecule has 0 amide bonds. The van der Waals surface area contributed by atoms with Gasteiger partial charge in [-0.05, 0) is 72.9 Å². The van der Waals surface area contributed by atoms with E-state index in [0.717, 1.165) is 11.5 Å². The molecule has 0 unspecified atom stereocenters. The number of carbonyl (C=O) groups is 1. The number of benzene rings is 2. The zero-order chi connectivity index (χ0) is 19.8. The molecule has 1 aliphatic carbocycles. The van der Waals surface area contributed by atoms with E-state index in [2.05, 4.69) is 25.1 Å². The van der Waals surface area contributed by atoms with Crippen molar-refractivity contribution in [2.24, 2.45) is 5.92 Å². The average Bonchev–Trinajstić information content (AvgIpc) is 2.75. The van der Waals surface area contributed by atoms with Gasteiger partial charge in [-0.3, -0.25) is 0 Å². The van der Waals surface area contributed by atoms with Gasteiger partial charge in [0, 0.05) is 6.42 Å². The molecule has 0 heterocycles. The number of esters is 1. The van der Waals surface area contributed by atoms with Gasteiger partial charge in [0.1, 0.15) is 0 Å². The Morgan fingerprint density at radius 1 is 1.04 bits per heavy atom. The molecule has 0 radical (unpaired) electrons. The Labute approximate surface area is 168 Å². The highest BCUT2D eigenvalue weighted by Crippen LogP contribution is 2.37. The Kier molecular flexibility index (Phi) is 7.25. The molecule has 3 rings (SSSR count). The molecule has 0 saturated heterocycles. The molecule has 0 N–H and O–H groups in total. The monoisotopic (exact) mass is 375 g/mol. The van der Waals surface area contributed by atoms with E-state index >= 15 is 0 Å². The molecule has 2 aromatic carbocycles. The van der Waals surface area contributed by atoms with Gasteiger partial charge in [-0.2, -0.15) is 5.26 Å². The molecule has 0 atom stereocenters. The van der Waals surface area contributed by atoms with Crippen molar-refractivity contribution in [2.45, 2.75) is 57.8 Å². The lowest BCUT2D eigenvalue weighted by Crippen LogP contribution is -2.13. The highest BCUT2D eigenvalue weighted by molar-refractivity contribution is 5.89. The SMILES string of the molecule is CCCC1CCC(c2ccc(C(=O)OCCc3ccc(C#N)cc3)cc2)CC1. The lowest BCUT2D eigenvalue weighted by Gasteiger charge is -2.28. The van der Waals surface area contributed by atoms with Gasteiger partial charge in [0.15, 0.2) is 0 Å². The van der Waals surface area contributed by atoms with Crippen molar-refractivity contribution in [3.8, 4) is 6.07 Å². The molecule has 0 spiro atoms. The lowest BCUT2D eigenvalue weighted by molar-refractivity contribution is 0.0509. The lowest BCUT2D eigenvalue weighted by atomic mass is 9.77. The van der Waals surface area contributed by atoms with Crippen molar-refractivity contribution >= 4 is 5.97 Å². The zero-order valence-corrected chi connectivity index (χ0v) is 16.7. The highest BCUT2D eigenvalue weighted by atomic mass is 16.5. The Morgan fingerprint density at radius 2 is 1.71 bits per heavy atom. The first-order chi connectivity index (χ1) is 13.7. The van der Waals surface area contributed by atoms with Crippen LogP contribution in [0.2, 0.25) is 0 Å². The van der Waals surface area contributed by atoms with Crippen LogP contribution in [0.3, 0.4) is 0 Å². The van der Waals surface area contributed by atoms with Crippen LogP contribution in [0.25, 0.3) is 0 Å². The van der Waals surface area contributed by atoms with Crippen LogP contribution in [0.1, 0.15) is 78.4 Å². The van der Waals surface area contributed by atoms with E-state index in [4.69, 9.17) is 10.00 Å². The van der Waals surface area contributed by atoms with Gasteiger partial charge in [-0.25, -0.2) is 4.79 Å². The van der Waals surface area contributed by atoms with Crippen molar-refractivity contribution in [3.05, 3.63) is 70.8 Å². The van der Waals surface area contributed by atoms with E-state index in [1.54, 1.807) is 12.1 Å². The standard InChI is InChI=1S/C25H29NO2/c1-2-3-19-8-10-22(11-9-19)23-12-14-24(15-13-23)25(27)28-17-16-20-4-6-21(18-26)7-5-20/h4-7,12-15,19,22H,2-3,8-11,16-17H2,1H3. The van der Waals surface area contributed by atoms with Gasteiger partial charge in [-0.1, -0.05) is 44.0 Å². The summed E-state index contributed by atoms with van der Waals surface area (Å²) in [5.74, 6) is 1.27. The Bertz CT molecular complexity index is 794. The molecule has 1 aliphatic rings. The summed E-state index contributed by atoms with van der Waals surface area (Å²) in [7, 11) is 0. The summed E-state index contributed by atoms with van der Waals surface area (Å²) in [5.41, 5.74) is 3.66. The second-order valence-corrected chi connectivity index (χ2v) is 7.82. The second kappa shape index (κ2) is 10.1. The quantitative estimate of drug-likeness (QED) is 0.555. The molecule has 3 nitrogen and oxygen atoms in total. The number of carbonyl (C=O) groups excluding carboxylic acids is 1. The summed E-state index contributed by atoms with van der Waals surface area (Å²) in [6.45, 7) is 2.61. The van der Waals surface area contributed by atoms with Gasteiger partial charge >= 0.3 is 5.97 Å². The normalized spacial score (nSPS) is 19.0. The van der Waals surface area contributed by atoms with Gasteiger partial charge in [-0.15, -0.1) is 0 Å². The van der Waals surface area contributed by atoms with Crippen molar-refractivity contribution in [1.82, 2.24) is 0 Å². The molecular weight excluding hydrogens is 346 g/mol. The van der Waals surface area contributed by atoms with Gasteiger partial charge in [0.2, 0.25) is 0 Å². The fraction of sp³-hybridized carbons (Fsp3) is 0.440. The summed E-state index contributed by atoms with van der Waals surface area (Å²) in [4.78, 5) is 12.3. The second-order valence-electron chi connectivity index (χ2n) is 7.82. The van der Waals surface area contributed by atoms with Crippen molar-refractivity contribution in [1.29, 1.82) is 5.26 Å². The Morgan fingerprint density at radius 3 is 2.32 bits per heavy atom. The fourth-order valence-electron chi connectivity index (χ4n) is 4.17. The minimum atomic E-state index is -0.271. The first kappa shape index (κ1) is 20.1. The molecule has 1 fully saturated rings. The van der Waals surface area contributed by atoms with Crippen LogP contribution in [0.5, 0.6) is 0 Å². The van der Waals surface area contributed by atoms with Gasteiger partial charge in [0.25, 0.3) is 0 Å². The largest absolute Gasteiger partial charge is 0.462 e. The number of ether oxygens (including phenoxy) is 1. The van der Waals surface area contributed by atoms with E-state index in [9.17, 15) is 4.79 Å². The highest BCUT2D eigenvalue weighted by Gasteiger charge is 2.22. The maximum Gasteiger partial charge on any atom is 0.338 e. The van der Waals surface area contributed by atoms with Crippen LogP contribution < -0.4 is 0 Å². The van der Waals surface area contributed by atoms with E-state index in [-0.39, 0.29) is 5.97 Å². The maximum atomic E-state index is 12.3. The summed E-state index contributed by atoms with van der Waals surface area (Å²) in [5, 5.41) is 8.82. The summed E-state index contributed by atoms with van der Waals surface area (Å²) >= 11 is 0. The molecule has 0 aromatic heterocycles. The van der Waals surface area contributed by atoms with E-state index in [1.807, 2.05) is 24.3 Å². The van der Waals surface area contributed by atoms with Crippen LogP contribution in [-0.4, -0.2) is 12.6 Å². The van der Waals surface area contributed by atoms with Crippen LogP contribution >= 0.6 is 0 Å². The van der Waals surface area contributed by atoms with E-state index < -0.39 is 0 Å². The summed E-state index contributed by atoms with van der Waals surface area (Å²) in [6.07, 6.45) is 8.49. The van der Waals surface area contributed by atoms with Crippen LogP contribution in [0, 0.1) is 17.2 Å². The molecule has 0 bridgehead atoms. The molecule has 146 valence electrons. The first-order valence-electron chi connectivity index (χ1n) is 10.5.